The molecule has 0 saturated heterocycles. The molecule has 1 N–H and O–H groups in total. The van der Waals surface area contributed by atoms with Gasteiger partial charge in [0.15, 0.2) is 0 Å². The van der Waals surface area contributed by atoms with E-state index in [1.807, 2.05) is 0 Å². The van der Waals surface area contributed by atoms with Gasteiger partial charge in [-0.2, -0.15) is 0 Å². The second-order valence-electron chi connectivity index (χ2n) is 1.57. The number of hydrogen-bond donors (Lipinski definition) is 1. The Labute approximate surface area is 79.8 Å². The van der Waals surface area contributed by atoms with Crippen molar-refractivity contribution in [1.29, 1.82) is 0 Å². The highest BCUT2D eigenvalue weighted by molar-refractivity contribution is 6.76. The van der Waals surface area contributed by atoms with Crippen molar-refractivity contribution in [3.05, 3.63) is 24.9 Å². The van der Waals surface area contributed by atoms with Crippen LogP contribution in [-0.2, 0) is 4.79 Å². The van der Waals surface area contributed by atoms with Crippen LogP contribution >= 0.6 is 34.8 Å². The number of halogens is 3. The molecule has 0 saturated carbocycles. The van der Waals surface area contributed by atoms with Gasteiger partial charge in [0, 0.05) is 6.20 Å². The van der Waals surface area contributed by atoms with Crippen LogP contribution in [0.4, 0.5) is 0 Å². The van der Waals surface area contributed by atoms with E-state index in [1.165, 1.54) is 18.4 Å². The van der Waals surface area contributed by atoms with Gasteiger partial charge in [0.05, 0.1) is 0 Å². The Hall–Kier alpha value is -0.180. The van der Waals surface area contributed by atoms with Crippen LogP contribution in [0.5, 0.6) is 0 Å². The fourth-order valence-corrected chi connectivity index (χ4v) is 0.437. The number of allylic oxidation sites excluding steroid dienone is 2. The molecule has 11 heavy (non-hydrogen) atoms. The summed E-state index contributed by atoms with van der Waals surface area (Å²) in [5, 5.41) is 2.24. The number of carbonyl (C=O) groups excluding carboxylic acids is 1. The van der Waals surface area contributed by atoms with E-state index in [4.69, 9.17) is 34.8 Å². The van der Waals surface area contributed by atoms with E-state index in [0.717, 1.165) is 0 Å². The lowest BCUT2D eigenvalue weighted by Gasteiger charge is -2.07. The first kappa shape index (κ1) is 10.8. The summed E-state index contributed by atoms with van der Waals surface area (Å²) < 4.78 is -1.91. The topological polar surface area (TPSA) is 29.1 Å². The number of alkyl halides is 3. The molecular weight excluding hydrogens is 208 g/mol. The van der Waals surface area contributed by atoms with Gasteiger partial charge in [0.1, 0.15) is 0 Å². The van der Waals surface area contributed by atoms with Crippen LogP contribution in [0.3, 0.4) is 0 Å². The fraction of sp³-hybridized carbons (Fsp3) is 0.167. The number of amides is 1. The monoisotopic (exact) mass is 213 g/mol. The average Bonchev–Trinajstić information content (AvgIpc) is 1.86. The molecule has 62 valence electrons. The standard InChI is InChI=1S/C6H6Cl3NO/c1-2-3-4-10-5(11)6(7,8)9/h2-4H,1H2,(H,10,11)/b4-3+. The second-order valence-corrected chi connectivity index (χ2v) is 3.85. The van der Waals surface area contributed by atoms with Gasteiger partial charge in [-0.3, -0.25) is 4.79 Å². The van der Waals surface area contributed by atoms with Crippen molar-refractivity contribution >= 4 is 40.7 Å². The third-order valence-corrected chi connectivity index (χ3v) is 1.22. The van der Waals surface area contributed by atoms with Crippen LogP contribution in [0.1, 0.15) is 0 Å². The lowest BCUT2D eigenvalue weighted by atomic mass is 10.6. The zero-order chi connectivity index (χ0) is 8.91. The Bertz CT molecular complexity index is 183. The third-order valence-electron chi connectivity index (χ3n) is 0.704. The maximum Gasteiger partial charge on any atom is 0.276 e. The lowest BCUT2D eigenvalue weighted by molar-refractivity contribution is -0.119. The van der Waals surface area contributed by atoms with Gasteiger partial charge in [-0.15, -0.1) is 0 Å². The highest BCUT2D eigenvalue weighted by Crippen LogP contribution is 2.25. The Morgan fingerprint density at radius 3 is 2.36 bits per heavy atom. The summed E-state index contributed by atoms with van der Waals surface area (Å²) >= 11 is 15.7. The molecule has 0 aliphatic carbocycles. The van der Waals surface area contributed by atoms with Crippen molar-refractivity contribution in [3.63, 3.8) is 0 Å². The minimum Gasteiger partial charge on any atom is -0.329 e. The minimum absolute atomic E-state index is 0.694. The Kier molecular flexibility index (Phi) is 4.57. The van der Waals surface area contributed by atoms with Gasteiger partial charge in [0.25, 0.3) is 9.70 Å². The molecule has 0 heterocycles. The molecular formula is C6H6Cl3NO. The van der Waals surface area contributed by atoms with Crippen LogP contribution in [0.25, 0.3) is 0 Å². The van der Waals surface area contributed by atoms with Crippen molar-refractivity contribution in [1.82, 2.24) is 5.32 Å². The van der Waals surface area contributed by atoms with Crippen molar-refractivity contribution in [3.8, 4) is 0 Å². The first-order chi connectivity index (χ1) is 4.98. The molecule has 0 rings (SSSR count). The Balaban J connectivity index is 3.89. The highest BCUT2D eigenvalue weighted by Gasteiger charge is 2.29. The number of nitrogens with one attached hydrogen (secondary N) is 1. The molecule has 0 aromatic carbocycles. The molecule has 0 aliphatic heterocycles. The molecule has 1 amide bonds. The van der Waals surface area contributed by atoms with E-state index < -0.39 is 9.70 Å². The maximum atomic E-state index is 10.7. The van der Waals surface area contributed by atoms with Gasteiger partial charge in [0.2, 0.25) is 0 Å². The zero-order valence-electron chi connectivity index (χ0n) is 5.48. The predicted molar refractivity (Wildman–Crippen MR) is 47.8 cm³/mol. The molecule has 0 aliphatic rings. The van der Waals surface area contributed by atoms with Crippen molar-refractivity contribution < 1.29 is 4.79 Å². The fourth-order valence-electron chi connectivity index (χ4n) is 0.274. The normalized spacial score (nSPS) is 11.5. The number of hydrogen-bond acceptors (Lipinski definition) is 1. The molecule has 0 spiro atoms. The predicted octanol–water partition coefficient (Wildman–Crippen LogP) is 2.17. The summed E-state index contributed by atoms with van der Waals surface area (Å²) in [7, 11) is 0. The molecule has 0 bridgehead atoms. The minimum atomic E-state index is -1.91. The van der Waals surface area contributed by atoms with E-state index in [0.29, 0.717) is 0 Å². The van der Waals surface area contributed by atoms with E-state index in [1.54, 1.807) is 0 Å². The van der Waals surface area contributed by atoms with E-state index >= 15 is 0 Å². The number of rotatable bonds is 2. The van der Waals surface area contributed by atoms with Crippen molar-refractivity contribution in [2.75, 3.05) is 0 Å². The van der Waals surface area contributed by atoms with Crippen LogP contribution in [0.15, 0.2) is 24.9 Å². The lowest BCUT2D eigenvalue weighted by Crippen LogP contribution is -2.30. The molecule has 0 aromatic rings. The summed E-state index contributed by atoms with van der Waals surface area (Å²) in [4.78, 5) is 10.7. The van der Waals surface area contributed by atoms with Gasteiger partial charge < -0.3 is 5.32 Å². The Morgan fingerprint density at radius 1 is 1.45 bits per heavy atom. The van der Waals surface area contributed by atoms with Crippen LogP contribution < -0.4 is 5.32 Å². The van der Waals surface area contributed by atoms with Crippen LogP contribution in [0, 0.1) is 0 Å². The van der Waals surface area contributed by atoms with Gasteiger partial charge in [-0.25, -0.2) is 0 Å². The summed E-state index contributed by atoms with van der Waals surface area (Å²) in [5.41, 5.74) is 0. The molecule has 5 heteroatoms. The summed E-state index contributed by atoms with van der Waals surface area (Å²) in [5.74, 6) is -0.694. The first-order valence-electron chi connectivity index (χ1n) is 2.63. The summed E-state index contributed by atoms with van der Waals surface area (Å²) in [6, 6.07) is 0. The zero-order valence-corrected chi connectivity index (χ0v) is 7.75. The van der Waals surface area contributed by atoms with E-state index in [-0.39, 0.29) is 0 Å². The van der Waals surface area contributed by atoms with Crippen molar-refractivity contribution in [2.45, 2.75) is 3.79 Å². The third kappa shape index (κ3) is 5.13. The van der Waals surface area contributed by atoms with Gasteiger partial charge in [-0.1, -0.05) is 47.5 Å². The van der Waals surface area contributed by atoms with Crippen LogP contribution in [0.2, 0.25) is 0 Å². The molecule has 0 atom stereocenters. The number of carbonyl (C=O) groups is 1. The van der Waals surface area contributed by atoms with Gasteiger partial charge >= 0.3 is 0 Å². The van der Waals surface area contributed by atoms with Gasteiger partial charge in [-0.05, 0) is 6.08 Å². The Morgan fingerprint density at radius 2 is 2.00 bits per heavy atom. The second kappa shape index (κ2) is 4.65. The molecule has 0 radical (unpaired) electrons. The van der Waals surface area contributed by atoms with E-state index in [2.05, 4.69) is 11.9 Å². The summed E-state index contributed by atoms with van der Waals surface area (Å²) in [6.45, 7) is 3.38. The smallest absolute Gasteiger partial charge is 0.276 e. The molecule has 0 aromatic heterocycles. The quantitative estimate of drug-likeness (QED) is 0.554. The average molecular weight is 214 g/mol. The highest BCUT2D eigenvalue weighted by atomic mass is 35.6. The molecule has 2 nitrogen and oxygen atoms in total. The summed E-state index contributed by atoms with van der Waals surface area (Å²) in [6.07, 6.45) is 4.32. The largest absolute Gasteiger partial charge is 0.329 e. The van der Waals surface area contributed by atoms with E-state index in [9.17, 15) is 4.79 Å². The first-order valence-corrected chi connectivity index (χ1v) is 3.77. The SMILES string of the molecule is C=C/C=C/NC(=O)C(Cl)(Cl)Cl. The van der Waals surface area contributed by atoms with Crippen molar-refractivity contribution in [2.24, 2.45) is 0 Å². The molecule has 0 unspecified atom stereocenters. The molecule has 0 fully saturated rings. The van der Waals surface area contributed by atoms with Crippen LogP contribution in [-0.4, -0.2) is 9.70 Å². The maximum absolute atomic E-state index is 10.7.